The summed E-state index contributed by atoms with van der Waals surface area (Å²) >= 11 is 0. The molecule has 108 valence electrons. The second-order valence-corrected chi connectivity index (χ2v) is 5.87. The number of hydrogen-bond acceptors (Lipinski definition) is 3. The van der Waals surface area contributed by atoms with Crippen LogP contribution in [0, 0.1) is 0 Å². The summed E-state index contributed by atoms with van der Waals surface area (Å²) in [4.78, 5) is 0. The Balaban J connectivity index is 1.83. The second-order valence-electron chi connectivity index (χ2n) is 5.87. The Morgan fingerprint density at radius 1 is 1.25 bits per heavy atom. The van der Waals surface area contributed by atoms with Gasteiger partial charge in [0, 0.05) is 24.5 Å². The molecule has 1 N–H and O–H groups in total. The lowest BCUT2D eigenvalue weighted by Gasteiger charge is -2.20. The van der Waals surface area contributed by atoms with E-state index in [4.69, 9.17) is 4.74 Å². The third kappa shape index (κ3) is 5.05. The Morgan fingerprint density at radius 3 is 2.80 bits per heavy atom. The Hall–Kier alpha value is -1.81. The molecule has 0 amide bonds. The van der Waals surface area contributed by atoms with Crippen molar-refractivity contribution in [3.8, 4) is 5.75 Å². The summed E-state index contributed by atoms with van der Waals surface area (Å²) in [6.45, 7) is 8.72. The van der Waals surface area contributed by atoms with Crippen LogP contribution in [0.5, 0.6) is 5.75 Å². The molecule has 0 aliphatic heterocycles. The van der Waals surface area contributed by atoms with E-state index < -0.39 is 0 Å². The maximum atomic E-state index is 5.76. The molecule has 1 aromatic carbocycles. The minimum atomic E-state index is 0.122. The molecule has 0 saturated heterocycles. The molecule has 0 aliphatic rings. The average Bonchev–Trinajstić information content (AvgIpc) is 2.89. The first-order valence-corrected chi connectivity index (χ1v) is 6.97. The predicted octanol–water partition coefficient (Wildman–Crippen LogP) is 2.85. The van der Waals surface area contributed by atoms with Crippen molar-refractivity contribution in [3.63, 3.8) is 0 Å². The predicted molar refractivity (Wildman–Crippen MR) is 80.8 cm³/mol. The number of benzene rings is 1. The van der Waals surface area contributed by atoms with E-state index >= 15 is 0 Å². The summed E-state index contributed by atoms with van der Waals surface area (Å²) in [6, 6.07) is 10.1. The Labute approximate surface area is 120 Å². The zero-order valence-electron chi connectivity index (χ0n) is 12.5. The SMILES string of the molecule is CC(C)(C)NCc1cccc(OCCn2cccn2)c1. The number of nitrogens with one attached hydrogen (secondary N) is 1. The van der Waals surface area contributed by atoms with Crippen molar-refractivity contribution >= 4 is 0 Å². The van der Waals surface area contributed by atoms with Gasteiger partial charge in [0.1, 0.15) is 12.4 Å². The van der Waals surface area contributed by atoms with Gasteiger partial charge in [0.05, 0.1) is 6.54 Å². The molecule has 1 aromatic heterocycles. The molecule has 0 atom stereocenters. The summed E-state index contributed by atoms with van der Waals surface area (Å²) in [6.07, 6.45) is 3.71. The third-order valence-corrected chi connectivity index (χ3v) is 2.87. The first kappa shape index (κ1) is 14.6. The van der Waals surface area contributed by atoms with Gasteiger partial charge >= 0.3 is 0 Å². The fraction of sp³-hybridized carbons (Fsp3) is 0.438. The molecule has 2 rings (SSSR count). The highest BCUT2D eigenvalue weighted by Gasteiger charge is 2.08. The first-order valence-electron chi connectivity index (χ1n) is 6.97. The molecule has 1 heterocycles. The van der Waals surface area contributed by atoms with Crippen molar-refractivity contribution in [1.82, 2.24) is 15.1 Å². The molecular weight excluding hydrogens is 250 g/mol. The standard InChI is InChI=1S/C16H23N3O/c1-16(2,3)17-13-14-6-4-7-15(12-14)20-11-10-19-9-5-8-18-19/h4-9,12,17H,10-11,13H2,1-3H3. The number of rotatable bonds is 6. The van der Waals surface area contributed by atoms with Crippen molar-refractivity contribution in [2.24, 2.45) is 0 Å². The molecule has 0 spiro atoms. The zero-order valence-corrected chi connectivity index (χ0v) is 12.5. The maximum absolute atomic E-state index is 5.76. The highest BCUT2D eigenvalue weighted by molar-refractivity contribution is 5.28. The molecule has 0 unspecified atom stereocenters. The molecule has 0 fully saturated rings. The fourth-order valence-electron chi connectivity index (χ4n) is 1.80. The maximum Gasteiger partial charge on any atom is 0.119 e. The van der Waals surface area contributed by atoms with E-state index in [1.165, 1.54) is 5.56 Å². The van der Waals surface area contributed by atoms with Gasteiger partial charge in [-0.15, -0.1) is 0 Å². The lowest BCUT2D eigenvalue weighted by atomic mass is 10.1. The summed E-state index contributed by atoms with van der Waals surface area (Å²) in [5, 5.41) is 7.62. The number of hydrogen-bond donors (Lipinski definition) is 1. The summed E-state index contributed by atoms with van der Waals surface area (Å²) in [5.74, 6) is 0.908. The molecule has 0 aliphatic carbocycles. The van der Waals surface area contributed by atoms with Crippen molar-refractivity contribution in [2.75, 3.05) is 6.61 Å². The molecule has 0 bridgehead atoms. The van der Waals surface area contributed by atoms with Crippen LogP contribution in [0.1, 0.15) is 26.3 Å². The molecular formula is C16H23N3O. The zero-order chi connectivity index (χ0) is 14.4. The van der Waals surface area contributed by atoms with E-state index in [0.29, 0.717) is 6.61 Å². The van der Waals surface area contributed by atoms with Crippen LogP contribution in [0.25, 0.3) is 0 Å². The van der Waals surface area contributed by atoms with Gasteiger partial charge in [0.15, 0.2) is 0 Å². The van der Waals surface area contributed by atoms with Crippen LogP contribution in [0.2, 0.25) is 0 Å². The van der Waals surface area contributed by atoms with E-state index in [9.17, 15) is 0 Å². The Kier molecular flexibility index (Phi) is 4.79. The minimum Gasteiger partial charge on any atom is -0.492 e. The van der Waals surface area contributed by atoms with E-state index in [-0.39, 0.29) is 5.54 Å². The average molecular weight is 273 g/mol. The lowest BCUT2D eigenvalue weighted by molar-refractivity contribution is 0.291. The molecule has 4 nitrogen and oxygen atoms in total. The van der Waals surface area contributed by atoms with Gasteiger partial charge in [-0.3, -0.25) is 4.68 Å². The van der Waals surface area contributed by atoms with Crippen LogP contribution in [0.3, 0.4) is 0 Å². The number of nitrogens with zero attached hydrogens (tertiary/aromatic N) is 2. The van der Waals surface area contributed by atoms with Gasteiger partial charge in [0.2, 0.25) is 0 Å². The summed E-state index contributed by atoms with van der Waals surface area (Å²) < 4.78 is 7.63. The highest BCUT2D eigenvalue weighted by atomic mass is 16.5. The van der Waals surface area contributed by atoms with Crippen molar-refractivity contribution < 1.29 is 4.74 Å². The largest absolute Gasteiger partial charge is 0.492 e. The Morgan fingerprint density at radius 2 is 2.10 bits per heavy atom. The van der Waals surface area contributed by atoms with E-state index in [0.717, 1.165) is 18.8 Å². The van der Waals surface area contributed by atoms with Crippen LogP contribution >= 0.6 is 0 Å². The molecule has 4 heteroatoms. The normalized spacial score (nSPS) is 11.6. The van der Waals surface area contributed by atoms with Gasteiger partial charge in [-0.25, -0.2) is 0 Å². The fourth-order valence-corrected chi connectivity index (χ4v) is 1.80. The van der Waals surface area contributed by atoms with Crippen LogP contribution < -0.4 is 10.1 Å². The van der Waals surface area contributed by atoms with Crippen LogP contribution in [0.4, 0.5) is 0 Å². The molecule has 0 radical (unpaired) electrons. The smallest absolute Gasteiger partial charge is 0.119 e. The van der Waals surface area contributed by atoms with Gasteiger partial charge in [-0.2, -0.15) is 5.10 Å². The first-order chi connectivity index (χ1) is 9.53. The van der Waals surface area contributed by atoms with Crippen molar-refractivity contribution in [2.45, 2.75) is 39.4 Å². The van der Waals surface area contributed by atoms with E-state index in [1.807, 2.05) is 29.1 Å². The lowest BCUT2D eigenvalue weighted by Crippen LogP contribution is -2.35. The quantitative estimate of drug-likeness (QED) is 0.879. The summed E-state index contributed by atoms with van der Waals surface area (Å²) in [5.41, 5.74) is 1.35. The van der Waals surface area contributed by atoms with Crippen LogP contribution in [0.15, 0.2) is 42.7 Å². The molecule has 0 saturated carbocycles. The van der Waals surface area contributed by atoms with E-state index in [2.05, 4.69) is 43.3 Å². The minimum absolute atomic E-state index is 0.122. The second kappa shape index (κ2) is 6.57. The van der Waals surface area contributed by atoms with Crippen LogP contribution in [-0.4, -0.2) is 21.9 Å². The molecule has 20 heavy (non-hydrogen) atoms. The van der Waals surface area contributed by atoms with Gasteiger partial charge < -0.3 is 10.1 Å². The highest BCUT2D eigenvalue weighted by Crippen LogP contribution is 2.14. The Bertz CT molecular complexity index is 515. The van der Waals surface area contributed by atoms with E-state index in [1.54, 1.807) is 6.20 Å². The van der Waals surface area contributed by atoms with Gasteiger partial charge in [-0.05, 0) is 44.5 Å². The van der Waals surface area contributed by atoms with Crippen LogP contribution in [-0.2, 0) is 13.1 Å². The third-order valence-electron chi connectivity index (χ3n) is 2.87. The van der Waals surface area contributed by atoms with Crippen molar-refractivity contribution in [3.05, 3.63) is 48.3 Å². The van der Waals surface area contributed by atoms with Gasteiger partial charge in [-0.1, -0.05) is 12.1 Å². The molecule has 2 aromatic rings. The summed E-state index contributed by atoms with van der Waals surface area (Å²) in [7, 11) is 0. The number of aromatic nitrogens is 2. The number of ether oxygens (including phenoxy) is 1. The van der Waals surface area contributed by atoms with Gasteiger partial charge in [0.25, 0.3) is 0 Å². The van der Waals surface area contributed by atoms with Crippen molar-refractivity contribution in [1.29, 1.82) is 0 Å². The topological polar surface area (TPSA) is 39.1 Å². The monoisotopic (exact) mass is 273 g/mol.